The second kappa shape index (κ2) is 4.46. The number of amides is 5. The predicted octanol–water partition coefficient (Wildman–Crippen LogP) is -1.68. The minimum absolute atomic E-state index is 0.0528. The Morgan fingerprint density at radius 1 is 1.20 bits per heavy atom. The summed E-state index contributed by atoms with van der Waals surface area (Å²) in [4.78, 5) is 48.1. The summed E-state index contributed by atoms with van der Waals surface area (Å²) in [7, 11) is 0. The van der Waals surface area contributed by atoms with Gasteiger partial charge in [0.25, 0.3) is 5.91 Å². The van der Waals surface area contributed by atoms with E-state index in [1.807, 2.05) is 0 Å². The van der Waals surface area contributed by atoms with Gasteiger partial charge in [-0.15, -0.1) is 0 Å². The minimum Gasteiger partial charge on any atom is -0.355 e. The highest BCUT2D eigenvalue weighted by molar-refractivity contribution is 6.07. The Balaban J connectivity index is 1.61. The van der Waals surface area contributed by atoms with Crippen molar-refractivity contribution in [2.45, 2.75) is 24.8 Å². The van der Waals surface area contributed by atoms with Gasteiger partial charge in [0.05, 0.1) is 5.92 Å². The molecule has 1 atom stereocenters. The molecule has 3 saturated heterocycles. The molecule has 1 unspecified atom stereocenters. The van der Waals surface area contributed by atoms with E-state index in [4.69, 9.17) is 0 Å². The number of nitrogens with one attached hydrogen (secondary N) is 3. The molecule has 0 aliphatic carbocycles. The number of imide groups is 1. The zero-order valence-corrected chi connectivity index (χ0v) is 10.9. The number of piperidine rings is 1. The zero-order chi connectivity index (χ0) is 14.3. The van der Waals surface area contributed by atoms with Crippen LogP contribution < -0.4 is 16.0 Å². The van der Waals surface area contributed by atoms with Crippen LogP contribution in [0.1, 0.15) is 19.3 Å². The maximum absolute atomic E-state index is 12.2. The summed E-state index contributed by atoms with van der Waals surface area (Å²) < 4.78 is 0. The first-order valence-corrected chi connectivity index (χ1v) is 6.69. The SMILES string of the molecule is O=C1CC(C(=O)N2CCC3(CC2)NC(=O)NC3=O)CN1. The Hall–Kier alpha value is -2.12. The number of hydrogen-bond donors (Lipinski definition) is 3. The first-order valence-electron chi connectivity index (χ1n) is 6.69. The van der Waals surface area contributed by atoms with Crippen molar-refractivity contribution in [1.82, 2.24) is 20.9 Å². The number of urea groups is 1. The number of hydrogen-bond acceptors (Lipinski definition) is 4. The average Bonchev–Trinajstić information content (AvgIpc) is 2.95. The number of carbonyl (C=O) groups is 4. The van der Waals surface area contributed by atoms with Crippen molar-refractivity contribution >= 4 is 23.8 Å². The first kappa shape index (κ1) is 12.9. The summed E-state index contributed by atoms with van der Waals surface area (Å²) in [6.07, 6.45) is 1.05. The molecule has 3 heterocycles. The van der Waals surface area contributed by atoms with Crippen LogP contribution in [0.4, 0.5) is 4.79 Å². The van der Waals surface area contributed by atoms with Gasteiger partial charge in [-0.2, -0.15) is 0 Å². The minimum atomic E-state index is -0.863. The van der Waals surface area contributed by atoms with Crippen molar-refractivity contribution in [3.8, 4) is 0 Å². The zero-order valence-electron chi connectivity index (χ0n) is 10.9. The molecule has 1 spiro atoms. The quantitative estimate of drug-likeness (QED) is 0.499. The van der Waals surface area contributed by atoms with Gasteiger partial charge in [0.15, 0.2) is 0 Å². The Morgan fingerprint density at radius 2 is 1.90 bits per heavy atom. The van der Waals surface area contributed by atoms with Crippen LogP contribution >= 0.6 is 0 Å². The maximum Gasteiger partial charge on any atom is 0.322 e. The highest BCUT2D eigenvalue weighted by Crippen LogP contribution is 2.27. The van der Waals surface area contributed by atoms with E-state index in [0.29, 0.717) is 32.5 Å². The van der Waals surface area contributed by atoms with Gasteiger partial charge in [0, 0.05) is 26.1 Å². The van der Waals surface area contributed by atoms with E-state index < -0.39 is 11.6 Å². The molecule has 5 amide bonds. The fraction of sp³-hybridized carbons (Fsp3) is 0.667. The number of rotatable bonds is 1. The summed E-state index contributed by atoms with van der Waals surface area (Å²) >= 11 is 0. The molecule has 0 aromatic rings. The molecule has 3 aliphatic heterocycles. The summed E-state index contributed by atoms with van der Waals surface area (Å²) in [5.41, 5.74) is -0.863. The molecule has 3 rings (SSSR count). The third-order valence-corrected chi connectivity index (χ3v) is 4.27. The Kier molecular flexibility index (Phi) is 2.88. The molecular formula is C12H16N4O4. The molecule has 0 saturated carbocycles. The largest absolute Gasteiger partial charge is 0.355 e. The van der Waals surface area contributed by atoms with Crippen LogP contribution in [0.3, 0.4) is 0 Å². The fourth-order valence-electron chi connectivity index (χ4n) is 3.03. The van der Waals surface area contributed by atoms with Gasteiger partial charge in [0.1, 0.15) is 5.54 Å². The van der Waals surface area contributed by atoms with Gasteiger partial charge >= 0.3 is 6.03 Å². The summed E-state index contributed by atoms with van der Waals surface area (Å²) in [6.45, 7) is 1.21. The Morgan fingerprint density at radius 3 is 2.40 bits per heavy atom. The molecule has 3 aliphatic rings. The molecular weight excluding hydrogens is 264 g/mol. The number of likely N-dealkylation sites (tertiary alicyclic amines) is 1. The van der Waals surface area contributed by atoms with Crippen LogP contribution in [0.2, 0.25) is 0 Å². The van der Waals surface area contributed by atoms with Gasteiger partial charge in [-0.3, -0.25) is 19.7 Å². The molecule has 0 bridgehead atoms. The Labute approximate surface area is 115 Å². The summed E-state index contributed by atoms with van der Waals surface area (Å²) in [5.74, 6) is -0.766. The second-order valence-corrected chi connectivity index (χ2v) is 5.52. The lowest BCUT2D eigenvalue weighted by Crippen LogP contribution is -2.56. The van der Waals surface area contributed by atoms with Gasteiger partial charge < -0.3 is 15.5 Å². The third kappa shape index (κ3) is 2.00. The van der Waals surface area contributed by atoms with E-state index in [-0.39, 0.29) is 30.1 Å². The van der Waals surface area contributed by atoms with Crippen LogP contribution in [0, 0.1) is 5.92 Å². The van der Waals surface area contributed by atoms with Crippen LogP contribution in [-0.2, 0) is 14.4 Å². The highest BCUT2D eigenvalue weighted by atomic mass is 16.2. The van der Waals surface area contributed by atoms with Crippen LogP contribution in [-0.4, -0.2) is 53.8 Å². The second-order valence-electron chi connectivity index (χ2n) is 5.52. The first-order chi connectivity index (χ1) is 9.50. The van der Waals surface area contributed by atoms with E-state index in [1.54, 1.807) is 4.90 Å². The van der Waals surface area contributed by atoms with E-state index in [0.717, 1.165) is 0 Å². The van der Waals surface area contributed by atoms with E-state index in [2.05, 4.69) is 16.0 Å². The molecule has 0 aromatic heterocycles. The molecule has 3 N–H and O–H groups in total. The van der Waals surface area contributed by atoms with Crippen molar-refractivity contribution < 1.29 is 19.2 Å². The molecule has 8 nitrogen and oxygen atoms in total. The van der Waals surface area contributed by atoms with Crippen molar-refractivity contribution in [3.05, 3.63) is 0 Å². The molecule has 108 valence electrons. The molecule has 20 heavy (non-hydrogen) atoms. The van der Waals surface area contributed by atoms with Gasteiger partial charge in [-0.1, -0.05) is 0 Å². The average molecular weight is 280 g/mol. The van der Waals surface area contributed by atoms with Crippen LogP contribution in [0.15, 0.2) is 0 Å². The van der Waals surface area contributed by atoms with Gasteiger partial charge in [0.2, 0.25) is 11.8 Å². The fourth-order valence-corrected chi connectivity index (χ4v) is 3.03. The Bertz CT molecular complexity index is 496. The van der Waals surface area contributed by atoms with Gasteiger partial charge in [-0.25, -0.2) is 4.79 Å². The maximum atomic E-state index is 12.2. The normalized spacial score (nSPS) is 28.3. The van der Waals surface area contributed by atoms with Crippen molar-refractivity contribution in [1.29, 1.82) is 0 Å². The lowest BCUT2D eigenvalue weighted by molar-refractivity contribution is -0.139. The lowest BCUT2D eigenvalue weighted by atomic mass is 9.87. The van der Waals surface area contributed by atoms with Crippen molar-refractivity contribution in [2.24, 2.45) is 5.92 Å². The predicted molar refractivity (Wildman–Crippen MR) is 66.3 cm³/mol. The van der Waals surface area contributed by atoms with Crippen molar-refractivity contribution in [2.75, 3.05) is 19.6 Å². The summed E-state index contributed by atoms with van der Waals surface area (Å²) in [6, 6.07) is -0.472. The lowest BCUT2D eigenvalue weighted by Gasteiger charge is -2.37. The van der Waals surface area contributed by atoms with Crippen molar-refractivity contribution in [3.63, 3.8) is 0 Å². The van der Waals surface area contributed by atoms with Crippen LogP contribution in [0.5, 0.6) is 0 Å². The van der Waals surface area contributed by atoms with Crippen LogP contribution in [0.25, 0.3) is 0 Å². The van der Waals surface area contributed by atoms with E-state index in [9.17, 15) is 19.2 Å². The highest BCUT2D eigenvalue weighted by Gasteiger charge is 2.48. The molecule has 0 radical (unpaired) electrons. The monoisotopic (exact) mass is 280 g/mol. The van der Waals surface area contributed by atoms with Gasteiger partial charge in [-0.05, 0) is 12.8 Å². The molecule has 8 heteroatoms. The molecule has 3 fully saturated rings. The van der Waals surface area contributed by atoms with E-state index in [1.165, 1.54) is 0 Å². The number of carbonyl (C=O) groups excluding carboxylic acids is 4. The smallest absolute Gasteiger partial charge is 0.322 e. The topological polar surface area (TPSA) is 108 Å². The third-order valence-electron chi connectivity index (χ3n) is 4.27. The standard InChI is InChI=1S/C12H16N4O4/c17-8-5-7(6-13-8)9(18)16-3-1-12(2-4-16)10(19)14-11(20)15-12/h7H,1-6H2,(H,13,17)(H2,14,15,19,20). The number of nitrogens with zero attached hydrogens (tertiary/aromatic N) is 1. The summed E-state index contributed by atoms with van der Waals surface area (Å²) in [5, 5.41) is 7.53. The molecule has 0 aromatic carbocycles. The van der Waals surface area contributed by atoms with E-state index >= 15 is 0 Å².